The lowest BCUT2D eigenvalue weighted by Gasteiger charge is -2.29. The standard InChI is InChI=1S/C22H15F3N2O3S2/c1-10-5-7-11(8-6-10)14-15-17(31-18-16(14)32-21(30)26-18)20(29)27(19(15)28)13-4-2-3-12(9-13)22(23,24)25/h2-9,14-15,17H,1H3,(H,26,30)/t14-,15-,17+/m0/s1. The number of fused-ring (bicyclic) bond motifs is 2. The number of benzene rings is 2. The summed E-state index contributed by atoms with van der Waals surface area (Å²) in [5.74, 6) is -2.53. The van der Waals surface area contributed by atoms with Crippen molar-refractivity contribution in [3.63, 3.8) is 0 Å². The first-order valence-electron chi connectivity index (χ1n) is 9.66. The van der Waals surface area contributed by atoms with Crippen LogP contribution in [0.3, 0.4) is 0 Å². The molecule has 2 aliphatic rings. The second kappa shape index (κ2) is 7.35. The molecule has 1 fully saturated rings. The summed E-state index contributed by atoms with van der Waals surface area (Å²) in [5, 5.41) is -0.319. The Morgan fingerprint density at radius 2 is 1.72 bits per heavy atom. The second-order valence-electron chi connectivity index (χ2n) is 7.72. The van der Waals surface area contributed by atoms with Crippen molar-refractivity contribution in [1.29, 1.82) is 0 Å². The Morgan fingerprint density at radius 3 is 2.41 bits per heavy atom. The van der Waals surface area contributed by atoms with Gasteiger partial charge in [0.15, 0.2) is 0 Å². The summed E-state index contributed by atoms with van der Waals surface area (Å²) in [6, 6.07) is 11.7. The van der Waals surface area contributed by atoms with E-state index in [1.165, 1.54) is 12.1 Å². The fraction of sp³-hybridized carbons (Fsp3) is 0.227. The van der Waals surface area contributed by atoms with Crippen LogP contribution in [0.2, 0.25) is 0 Å². The Labute approximate surface area is 188 Å². The van der Waals surface area contributed by atoms with Gasteiger partial charge in [-0.3, -0.25) is 14.4 Å². The summed E-state index contributed by atoms with van der Waals surface area (Å²) in [6.07, 6.45) is -4.60. The van der Waals surface area contributed by atoms with Crippen LogP contribution < -0.4 is 9.77 Å². The molecule has 3 heterocycles. The number of hydrogen-bond acceptors (Lipinski definition) is 5. The van der Waals surface area contributed by atoms with Crippen LogP contribution in [0.1, 0.15) is 27.5 Å². The molecule has 1 aromatic heterocycles. The van der Waals surface area contributed by atoms with Crippen LogP contribution in [0.4, 0.5) is 18.9 Å². The highest BCUT2D eigenvalue weighted by atomic mass is 32.2. The summed E-state index contributed by atoms with van der Waals surface area (Å²) >= 11 is 2.08. The van der Waals surface area contributed by atoms with Crippen molar-refractivity contribution in [1.82, 2.24) is 4.98 Å². The molecule has 1 N–H and O–H groups in total. The molecule has 0 aliphatic carbocycles. The fourth-order valence-electron chi connectivity index (χ4n) is 4.23. The Bertz CT molecular complexity index is 1300. The summed E-state index contributed by atoms with van der Waals surface area (Å²) in [7, 11) is 0. The molecule has 0 saturated carbocycles. The molecule has 5 nitrogen and oxygen atoms in total. The lowest BCUT2D eigenvalue weighted by atomic mass is 9.83. The number of thioether (sulfide) groups is 1. The molecule has 3 atom stereocenters. The Hall–Kier alpha value is -2.85. The van der Waals surface area contributed by atoms with E-state index in [-0.39, 0.29) is 10.6 Å². The van der Waals surface area contributed by atoms with Crippen molar-refractivity contribution in [2.75, 3.05) is 4.90 Å². The fourth-order valence-corrected chi connectivity index (χ4v) is 6.74. The van der Waals surface area contributed by atoms with E-state index in [1.807, 2.05) is 31.2 Å². The molecule has 10 heteroatoms. The largest absolute Gasteiger partial charge is 0.416 e. The van der Waals surface area contributed by atoms with E-state index >= 15 is 0 Å². The van der Waals surface area contributed by atoms with Crippen LogP contribution in [0.5, 0.6) is 0 Å². The smallest absolute Gasteiger partial charge is 0.307 e. The number of aryl methyl sites for hydroxylation is 1. The number of alkyl halides is 3. The highest BCUT2D eigenvalue weighted by Crippen LogP contribution is 2.53. The van der Waals surface area contributed by atoms with E-state index in [1.54, 1.807) is 0 Å². The van der Waals surface area contributed by atoms with Crippen molar-refractivity contribution in [3.05, 3.63) is 79.8 Å². The van der Waals surface area contributed by atoms with Crippen LogP contribution in [0.15, 0.2) is 58.4 Å². The predicted molar refractivity (Wildman–Crippen MR) is 115 cm³/mol. The average Bonchev–Trinajstić information content (AvgIpc) is 3.23. The monoisotopic (exact) mass is 476 g/mol. The average molecular weight is 477 g/mol. The normalized spacial score (nSPS) is 22.8. The number of aromatic nitrogens is 1. The van der Waals surface area contributed by atoms with Crippen molar-refractivity contribution in [2.45, 2.75) is 29.3 Å². The molecule has 0 unspecified atom stereocenters. The van der Waals surface area contributed by atoms with Crippen LogP contribution in [0, 0.1) is 12.8 Å². The highest BCUT2D eigenvalue weighted by Gasteiger charge is 2.56. The predicted octanol–water partition coefficient (Wildman–Crippen LogP) is 4.56. The molecular formula is C22H15F3N2O3S2. The third-order valence-electron chi connectivity index (χ3n) is 5.69. The van der Waals surface area contributed by atoms with Gasteiger partial charge in [-0.05, 0) is 30.7 Å². The number of halogens is 3. The summed E-state index contributed by atoms with van der Waals surface area (Å²) < 4.78 is 39.6. The first-order chi connectivity index (χ1) is 15.1. The molecular weight excluding hydrogens is 461 g/mol. The van der Waals surface area contributed by atoms with Crippen LogP contribution >= 0.6 is 23.1 Å². The third-order valence-corrected chi connectivity index (χ3v) is 8.09. The quantitative estimate of drug-likeness (QED) is 0.551. The maximum absolute atomic E-state index is 13.5. The molecule has 1 saturated heterocycles. The number of amides is 2. The molecule has 164 valence electrons. The molecule has 0 bridgehead atoms. The van der Waals surface area contributed by atoms with Crippen LogP contribution in [0.25, 0.3) is 0 Å². The number of rotatable bonds is 2. The lowest BCUT2D eigenvalue weighted by molar-refractivity contribution is -0.137. The van der Waals surface area contributed by atoms with E-state index < -0.39 is 40.6 Å². The SMILES string of the molecule is Cc1ccc([C@@H]2c3sc(=O)[nH]c3S[C@H]3C(=O)N(c4cccc(C(F)(F)F)c4)C(=O)[C@@H]23)cc1. The molecule has 32 heavy (non-hydrogen) atoms. The van der Waals surface area contributed by atoms with Gasteiger partial charge < -0.3 is 4.98 Å². The van der Waals surface area contributed by atoms with E-state index in [4.69, 9.17) is 0 Å². The zero-order valence-corrected chi connectivity index (χ0v) is 18.1. The zero-order valence-electron chi connectivity index (χ0n) is 16.5. The maximum Gasteiger partial charge on any atom is 0.416 e. The van der Waals surface area contributed by atoms with Gasteiger partial charge in [0.05, 0.1) is 22.2 Å². The third kappa shape index (κ3) is 3.29. The lowest BCUT2D eigenvalue weighted by Crippen LogP contribution is -2.32. The van der Waals surface area contributed by atoms with Gasteiger partial charge in [0.2, 0.25) is 11.8 Å². The summed E-state index contributed by atoms with van der Waals surface area (Å²) in [4.78, 5) is 42.8. The Morgan fingerprint density at radius 1 is 1.00 bits per heavy atom. The number of thiazole rings is 1. The van der Waals surface area contributed by atoms with E-state index in [9.17, 15) is 27.6 Å². The number of nitrogens with one attached hydrogen (secondary N) is 1. The molecule has 0 radical (unpaired) electrons. The van der Waals surface area contributed by atoms with Crippen molar-refractivity contribution in [2.24, 2.45) is 5.92 Å². The molecule has 0 spiro atoms. The minimum Gasteiger partial charge on any atom is -0.307 e. The number of hydrogen-bond donors (Lipinski definition) is 1. The molecule has 3 aromatic rings. The number of aromatic amines is 1. The van der Waals surface area contributed by atoms with Gasteiger partial charge in [-0.15, -0.1) is 0 Å². The Balaban J connectivity index is 1.62. The van der Waals surface area contributed by atoms with E-state index in [0.29, 0.717) is 9.90 Å². The van der Waals surface area contributed by atoms with E-state index in [2.05, 4.69) is 4.98 Å². The zero-order chi connectivity index (χ0) is 22.8. The molecule has 5 rings (SSSR count). The highest BCUT2D eigenvalue weighted by molar-refractivity contribution is 8.00. The topological polar surface area (TPSA) is 70.2 Å². The minimum absolute atomic E-state index is 0.107. The maximum atomic E-state index is 13.5. The molecule has 2 aromatic carbocycles. The van der Waals surface area contributed by atoms with Gasteiger partial charge in [0, 0.05) is 10.8 Å². The number of nitrogens with zero attached hydrogens (tertiary/aromatic N) is 1. The number of H-pyrrole nitrogens is 1. The van der Waals surface area contributed by atoms with Crippen molar-refractivity contribution < 1.29 is 22.8 Å². The number of carbonyl (C=O) groups excluding carboxylic acids is 2. The summed E-state index contributed by atoms with van der Waals surface area (Å²) in [6.45, 7) is 1.92. The summed E-state index contributed by atoms with van der Waals surface area (Å²) in [5.41, 5.74) is 0.743. The van der Waals surface area contributed by atoms with Crippen molar-refractivity contribution in [3.8, 4) is 0 Å². The molecule has 2 aliphatic heterocycles. The number of imide groups is 1. The number of anilines is 1. The van der Waals surface area contributed by atoms with Gasteiger partial charge in [-0.1, -0.05) is 59.0 Å². The van der Waals surface area contributed by atoms with Gasteiger partial charge in [0.1, 0.15) is 5.25 Å². The van der Waals surface area contributed by atoms with Crippen molar-refractivity contribution >= 4 is 40.6 Å². The van der Waals surface area contributed by atoms with Crippen LogP contribution in [-0.4, -0.2) is 22.0 Å². The van der Waals surface area contributed by atoms with E-state index in [0.717, 1.165) is 51.3 Å². The van der Waals surface area contributed by atoms with Crippen LogP contribution in [-0.2, 0) is 15.8 Å². The minimum atomic E-state index is -4.60. The first-order valence-corrected chi connectivity index (χ1v) is 11.4. The second-order valence-corrected chi connectivity index (χ2v) is 9.89. The van der Waals surface area contributed by atoms with Gasteiger partial charge >= 0.3 is 11.0 Å². The Kier molecular flexibility index (Phi) is 4.82. The molecule has 2 amide bonds. The first kappa shape index (κ1) is 21.0. The van der Waals surface area contributed by atoms with Gasteiger partial charge in [-0.25, -0.2) is 4.90 Å². The number of carbonyl (C=O) groups is 2. The van der Waals surface area contributed by atoms with Gasteiger partial charge in [0.25, 0.3) is 0 Å². The van der Waals surface area contributed by atoms with Gasteiger partial charge in [-0.2, -0.15) is 13.2 Å².